The molecule has 0 atom stereocenters. The monoisotopic (exact) mass is 291 g/mol. The van der Waals surface area contributed by atoms with E-state index in [0.29, 0.717) is 6.61 Å². The molecule has 21 heavy (non-hydrogen) atoms. The van der Waals surface area contributed by atoms with E-state index in [0.717, 1.165) is 53.7 Å². The minimum Gasteiger partial charge on any atom is -0.482 e. The lowest BCUT2D eigenvalue weighted by atomic mass is 10.2. The van der Waals surface area contributed by atoms with Crippen molar-refractivity contribution < 1.29 is 9.15 Å². The summed E-state index contributed by atoms with van der Waals surface area (Å²) in [6, 6.07) is 2.05. The molecule has 0 aromatic carbocycles. The first kappa shape index (κ1) is 15.6. The molecule has 0 aliphatic carbocycles. The summed E-state index contributed by atoms with van der Waals surface area (Å²) in [5.74, 6) is 2.68. The fraction of sp³-hybridized carbons (Fsp3) is 0.562. The predicted molar refractivity (Wildman–Crippen MR) is 82.5 cm³/mol. The maximum Gasteiger partial charge on any atom is 0.163 e. The van der Waals surface area contributed by atoms with Crippen LogP contribution in [-0.4, -0.2) is 16.3 Å². The van der Waals surface area contributed by atoms with Crippen molar-refractivity contribution in [3.63, 3.8) is 0 Å². The fourth-order valence-corrected chi connectivity index (χ4v) is 2.32. The van der Waals surface area contributed by atoms with E-state index >= 15 is 0 Å². The van der Waals surface area contributed by atoms with Gasteiger partial charge in [0.25, 0.3) is 0 Å². The highest BCUT2D eigenvalue weighted by Crippen LogP contribution is 2.23. The molecule has 2 aromatic heterocycles. The summed E-state index contributed by atoms with van der Waals surface area (Å²) in [7, 11) is 1.92. The Labute approximate surface area is 126 Å². The second-order valence-corrected chi connectivity index (χ2v) is 5.41. The lowest BCUT2D eigenvalue weighted by molar-refractivity contribution is 0.261. The molecule has 0 bridgehead atoms. The first-order chi connectivity index (χ1) is 10.0. The van der Waals surface area contributed by atoms with E-state index < -0.39 is 0 Å². The molecular weight excluding hydrogens is 266 g/mol. The largest absolute Gasteiger partial charge is 0.482 e. The number of nitrogens with one attached hydrogen (secondary N) is 1. The van der Waals surface area contributed by atoms with Crippen molar-refractivity contribution >= 4 is 0 Å². The number of ether oxygens (including phenoxy) is 1. The number of aryl methyl sites for hydroxylation is 3. The summed E-state index contributed by atoms with van der Waals surface area (Å²) in [5.41, 5.74) is 3.10. The zero-order chi connectivity index (χ0) is 15.4. The van der Waals surface area contributed by atoms with Gasteiger partial charge in [-0.15, -0.1) is 0 Å². The first-order valence-corrected chi connectivity index (χ1v) is 7.44. The van der Waals surface area contributed by atoms with Gasteiger partial charge in [0, 0.05) is 7.05 Å². The number of rotatable bonds is 7. The lowest BCUT2D eigenvalue weighted by Crippen LogP contribution is -2.13. The third-order valence-electron chi connectivity index (χ3n) is 3.59. The molecule has 116 valence electrons. The van der Waals surface area contributed by atoms with Crippen LogP contribution in [0.5, 0.6) is 5.75 Å². The Bertz CT molecular complexity index is 599. The molecule has 0 saturated heterocycles. The molecule has 0 amide bonds. The van der Waals surface area contributed by atoms with Crippen molar-refractivity contribution in [3.05, 3.63) is 34.5 Å². The average Bonchev–Trinajstić information content (AvgIpc) is 2.90. The van der Waals surface area contributed by atoms with E-state index in [4.69, 9.17) is 9.15 Å². The Hall–Kier alpha value is -1.75. The fourth-order valence-electron chi connectivity index (χ4n) is 2.32. The van der Waals surface area contributed by atoms with E-state index in [1.165, 1.54) is 0 Å². The molecule has 0 unspecified atom stereocenters. The molecule has 5 heteroatoms. The molecule has 0 aliphatic rings. The van der Waals surface area contributed by atoms with Gasteiger partial charge >= 0.3 is 0 Å². The van der Waals surface area contributed by atoms with Crippen molar-refractivity contribution in [2.45, 2.75) is 47.3 Å². The number of nitrogens with zero attached hydrogens (tertiary/aromatic N) is 2. The van der Waals surface area contributed by atoms with Gasteiger partial charge in [-0.1, -0.05) is 6.92 Å². The van der Waals surface area contributed by atoms with E-state index in [1.807, 2.05) is 31.6 Å². The van der Waals surface area contributed by atoms with E-state index in [9.17, 15) is 0 Å². The minimum atomic E-state index is 0.433. The number of hydrogen-bond acceptors (Lipinski definition) is 4. The third kappa shape index (κ3) is 3.67. The quantitative estimate of drug-likeness (QED) is 0.797. The van der Waals surface area contributed by atoms with Gasteiger partial charge in [0.05, 0.1) is 12.2 Å². The van der Waals surface area contributed by atoms with Crippen LogP contribution in [0.1, 0.15) is 41.8 Å². The topological polar surface area (TPSA) is 52.2 Å². The van der Waals surface area contributed by atoms with Crippen LogP contribution in [0.15, 0.2) is 10.5 Å². The second kappa shape index (κ2) is 6.80. The molecule has 2 rings (SSSR count). The number of hydrogen-bond donors (Lipinski definition) is 1. The molecule has 0 spiro atoms. The van der Waals surface area contributed by atoms with Crippen molar-refractivity contribution in [2.75, 3.05) is 6.54 Å². The molecule has 1 N–H and O–H groups in total. The molecule has 0 aliphatic heterocycles. The predicted octanol–water partition coefficient (Wildman–Crippen LogP) is 3.02. The Morgan fingerprint density at radius 3 is 2.71 bits per heavy atom. The van der Waals surface area contributed by atoms with E-state index in [1.54, 1.807) is 0 Å². The third-order valence-corrected chi connectivity index (χ3v) is 3.59. The van der Waals surface area contributed by atoms with Crippen LogP contribution in [-0.2, 0) is 20.2 Å². The normalized spacial score (nSPS) is 11.1. The van der Waals surface area contributed by atoms with Crippen LogP contribution in [0.3, 0.4) is 0 Å². The van der Waals surface area contributed by atoms with Crippen molar-refractivity contribution in [2.24, 2.45) is 7.05 Å². The smallest absolute Gasteiger partial charge is 0.163 e. The molecule has 2 aromatic rings. The summed E-state index contributed by atoms with van der Waals surface area (Å²) in [6.07, 6.45) is 1.12. The van der Waals surface area contributed by atoms with Crippen LogP contribution < -0.4 is 10.1 Å². The van der Waals surface area contributed by atoms with Gasteiger partial charge in [-0.05, 0) is 45.4 Å². The zero-order valence-corrected chi connectivity index (χ0v) is 13.6. The summed E-state index contributed by atoms with van der Waals surface area (Å²) in [6.45, 7) is 10.4. The maximum atomic E-state index is 5.87. The standard InChI is InChI=1S/C16H25N3O2/c1-6-7-17-9-15-11(2)8-14(21-15)10-20-16-12(3)18-19(5)13(16)4/h8,17H,6-7,9-10H2,1-5H3. The minimum absolute atomic E-state index is 0.433. The molecule has 0 fully saturated rings. The molecule has 0 saturated carbocycles. The zero-order valence-electron chi connectivity index (χ0n) is 13.6. The lowest BCUT2D eigenvalue weighted by Gasteiger charge is -2.04. The van der Waals surface area contributed by atoms with Gasteiger partial charge in [0.15, 0.2) is 5.75 Å². The van der Waals surface area contributed by atoms with E-state index in [-0.39, 0.29) is 0 Å². The van der Waals surface area contributed by atoms with Crippen LogP contribution in [0.2, 0.25) is 0 Å². The molecule has 5 nitrogen and oxygen atoms in total. The van der Waals surface area contributed by atoms with Gasteiger partial charge in [0.2, 0.25) is 0 Å². The summed E-state index contributed by atoms with van der Waals surface area (Å²) in [5, 5.41) is 7.70. The molecular formula is C16H25N3O2. The Morgan fingerprint density at radius 2 is 2.10 bits per heavy atom. The van der Waals surface area contributed by atoms with Crippen molar-refractivity contribution in [1.82, 2.24) is 15.1 Å². The maximum absolute atomic E-state index is 5.87. The van der Waals surface area contributed by atoms with Crippen LogP contribution in [0.4, 0.5) is 0 Å². The summed E-state index contributed by atoms with van der Waals surface area (Å²) >= 11 is 0. The van der Waals surface area contributed by atoms with Gasteiger partial charge in [-0.2, -0.15) is 5.10 Å². The van der Waals surface area contributed by atoms with Crippen molar-refractivity contribution in [3.8, 4) is 5.75 Å². The highest BCUT2D eigenvalue weighted by molar-refractivity contribution is 5.32. The van der Waals surface area contributed by atoms with Gasteiger partial charge in [-0.25, -0.2) is 0 Å². The summed E-state index contributed by atoms with van der Waals surface area (Å²) in [4.78, 5) is 0. The van der Waals surface area contributed by atoms with Crippen LogP contribution in [0, 0.1) is 20.8 Å². The first-order valence-electron chi connectivity index (χ1n) is 7.44. The number of aromatic nitrogens is 2. The van der Waals surface area contributed by atoms with Crippen LogP contribution in [0.25, 0.3) is 0 Å². The highest BCUT2D eigenvalue weighted by Gasteiger charge is 2.13. The van der Waals surface area contributed by atoms with Gasteiger partial charge in [0.1, 0.15) is 23.8 Å². The van der Waals surface area contributed by atoms with E-state index in [2.05, 4.69) is 24.3 Å². The Kier molecular flexibility index (Phi) is 5.07. The Balaban J connectivity index is 1.99. The van der Waals surface area contributed by atoms with Crippen molar-refractivity contribution in [1.29, 1.82) is 0 Å². The second-order valence-electron chi connectivity index (χ2n) is 5.41. The number of furan rings is 1. The highest BCUT2D eigenvalue weighted by atomic mass is 16.5. The van der Waals surface area contributed by atoms with Crippen LogP contribution >= 0.6 is 0 Å². The molecule has 2 heterocycles. The SMILES string of the molecule is CCCNCc1oc(COc2c(C)nn(C)c2C)cc1C. The average molecular weight is 291 g/mol. The summed E-state index contributed by atoms with van der Waals surface area (Å²) < 4.78 is 13.6. The van der Waals surface area contributed by atoms with Gasteiger partial charge in [-0.3, -0.25) is 4.68 Å². The Morgan fingerprint density at radius 1 is 1.33 bits per heavy atom. The molecule has 0 radical (unpaired) electrons. The van der Waals surface area contributed by atoms with Gasteiger partial charge < -0.3 is 14.5 Å².